The molecule has 0 bridgehead atoms. The van der Waals surface area contributed by atoms with E-state index in [2.05, 4.69) is 9.89 Å². The Morgan fingerprint density at radius 2 is 1.77 bits per heavy atom. The van der Waals surface area contributed by atoms with Crippen LogP contribution in [0.3, 0.4) is 0 Å². The minimum absolute atomic E-state index is 0.0916. The van der Waals surface area contributed by atoms with E-state index in [0.717, 1.165) is 27.4 Å². The van der Waals surface area contributed by atoms with E-state index in [0.29, 0.717) is 29.4 Å². The summed E-state index contributed by atoms with van der Waals surface area (Å²) in [5, 5.41) is 6.56. The highest BCUT2D eigenvalue weighted by Crippen LogP contribution is 2.35. The summed E-state index contributed by atoms with van der Waals surface area (Å²) in [4.78, 5) is 19.9. The molecule has 1 amide bonds. The second-order valence-corrected chi connectivity index (χ2v) is 9.84. The Hall–Kier alpha value is -3.62. The van der Waals surface area contributed by atoms with Gasteiger partial charge in [0.1, 0.15) is 11.3 Å². The van der Waals surface area contributed by atoms with Crippen molar-refractivity contribution in [3.63, 3.8) is 0 Å². The predicted octanol–water partition coefficient (Wildman–Crippen LogP) is 5.37. The van der Waals surface area contributed by atoms with Gasteiger partial charge in [0.25, 0.3) is 5.91 Å². The van der Waals surface area contributed by atoms with E-state index >= 15 is 0 Å². The molecule has 0 saturated carbocycles. The number of fused-ring (bicyclic) bond motifs is 1. The van der Waals surface area contributed by atoms with Crippen molar-refractivity contribution in [2.45, 2.75) is 26.1 Å². The Bertz CT molecular complexity index is 1430. The largest absolute Gasteiger partial charge is 0.454 e. The molecule has 0 N–H and O–H groups in total. The summed E-state index contributed by atoms with van der Waals surface area (Å²) in [6, 6.07) is 19.7. The topological polar surface area (TPSA) is 72.9 Å². The van der Waals surface area contributed by atoms with Crippen LogP contribution in [-0.2, 0) is 9.53 Å². The fourth-order valence-corrected chi connectivity index (χ4v) is 5.43. The van der Waals surface area contributed by atoms with Crippen molar-refractivity contribution >= 4 is 39.9 Å². The second-order valence-electron chi connectivity index (χ2n) is 8.83. The minimum atomic E-state index is -0.236. The van der Waals surface area contributed by atoms with Gasteiger partial charge in [-0.15, -0.1) is 0 Å². The monoisotopic (exact) mass is 484 g/mol. The van der Waals surface area contributed by atoms with Crippen molar-refractivity contribution < 1.29 is 13.9 Å². The summed E-state index contributed by atoms with van der Waals surface area (Å²) in [7, 11) is 0. The Labute approximate surface area is 207 Å². The summed E-state index contributed by atoms with van der Waals surface area (Å²) < 4.78 is 13.8. The van der Waals surface area contributed by atoms with Gasteiger partial charge in [-0.05, 0) is 56.0 Å². The number of nitrogens with zero attached hydrogens (tertiary/aromatic N) is 4. The van der Waals surface area contributed by atoms with Crippen LogP contribution in [-0.4, -0.2) is 51.1 Å². The van der Waals surface area contributed by atoms with E-state index in [-0.39, 0.29) is 18.1 Å². The molecule has 35 heavy (non-hydrogen) atoms. The van der Waals surface area contributed by atoms with E-state index in [1.165, 1.54) is 11.8 Å². The number of rotatable bonds is 3. The third-order valence-corrected chi connectivity index (χ3v) is 7.05. The Morgan fingerprint density at radius 1 is 1.03 bits per heavy atom. The molecule has 2 unspecified atom stereocenters. The van der Waals surface area contributed by atoms with Crippen LogP contribution < -0.4 is 0 Å². The fourth-order valence-electron chi connectivity index (χ4n) is 4.50. The van der Waals surface area contributed by atoms with Gasteiger partial charge in [-0.1, -0.05) is 36.4 Å². The molecular formula is C27H24N4O3S. The number of para-hydroxylation sites is 2. The molecule has 0 radical (unpaired) electrons. The molecule has 1 saturated heterocycles. The van der Waals surface area contributed by atoms with Gasteiger partial charge < -0.3 is 14.1 Å². The molecule has 1 fully saturated rings. The number of carbonyl (C=O) groups is 1. The number of benzene rings is 2. The highest BCUT2D eigenvalue weighted by molar-refractivity contribution is 8.18. The normalized spacial score (nSPS) is 21.8. The maximum Gasteiger partial charge on any atom is 0.286 e. The Kier molecular flexibility index (Phi) is 5.54. The summed E-state index contributed by atoms with van der Waals surface area (Å²) in [6.07, 6.45) is 3.98. The van der Waals surface area contributed by atoms with Crippen LogP contribution in [0.2, 0.25) is 0 Å². The quantitative estimate of drug-likeness (QED) is 0.364. The molecular weight excluding hydrogens is 460 g/mol. The number of hydrogen-bond acceptors (Lipinski definition) is 6. The highest BCUT2D eigenvalue weighted by Gasteiger charge is 2.31. The predicted molar refractivity (Wildman–Crippen MR) is 138 cm³/mol. The van der Waals surface area contributed by atoms with Crippen molar-refractivity contribution in [1.29, 1.82) is 0 Å². The molecule has 6 rings (SSSR count). The molecule has 0 spiro atoms. The molecule has 4 heterocycles. The van der Waals surface area contributed by atoms with Crippen molar-refractivity contribution in [3.05, 3.63) is 77.3 Å². The van der Waals surface area contributed by atoms with Crippen LogP contribution in [0.15, 0.2) is 81.2 Å². The first-order valence-corrected chi connectivity index (χ1v) is 12.4. The molecule has 7 nitrogen and oxygen atoms in total. The number of amidine groups is 1. The van der Waals surface area contributed by atoms with Crippen molar-refractivity contribution in [2.24, 2.45) is 4.99 Å². The van der Waals surface area contributed by atoms with Crippen LogP contribution in [0, 0.1) is 0 Å². The lowest BCUT2D eigenvalue weighted by molar-refractivity contribution is -0.113. The standard InChI is InChI=1S/C27H24N4O3S/c1-17-14-30(15-18(2)33-17)27-28-26(32)24(35-27)13-20-16-31(21-9-4-3-5-10-21)29-25(20)23-12-19-8-6-7-11-22(19)34-23/h3-13,16-18H,14-15H2,1-2H3. The highest BCUT2D eigenvalue weighted by atomic mass is 32.2. The van der Waals surface area contributed by atoms with Gasteiger partial charge >= 0.3 is 0 Å². The van der Waals surface area contributed by atoms with E-state index in [1.54, 1.807) is 0 Å². The molecule has 8 heteroatoms. The summed E-state index contributed by atoms with van der Waals surface area (Å²) >= 11 is 1.40. The number of morpholine rings is 1. The average Bonchev–Trinajstić information content (AvgIpc) is 3.56. The van der Waals surface area contributed by atoms with E-state index in [9.17, 15) is 4.79 Å². The van der Waals surface area contributed by atoms with Crippen molar-refractivity contribution in [3.8, 4) is 17.1 Å². The van der Waals surface area contributed by atoms with E-state index in [1.807, 2.05) is 91.5 Å². The molecule has 2 atom stereocenters. The van der Waals surface area contributed by atoms with Crippen LogP contribution in [0.5, 0.6) is 0 Å². The van der Waals surface area contributed by atoms with E-state index in [4.69, 9.17) is 14.3 Å². The third kappa shape index (κ3) is 4.31. The zero-order chi connectivity index (χ0) is 23.9. The number of carbonyl (C=O) groups excluding carboxylic acids is 1. The summed E-state index contributed by atoms with van der Waals surface area (Å²) in [5.41, 5.74) is 3.19. The first kappa shape index (κ1) is 21.9. The van der Waals surface area contributed by atoms with Gasteiger partial charge in [0.2, 0.25) is 0 Å². The summed E-state index contributed by atoms with van der Waals surface area (Å²) in [5.74, 6) is 0.417. The van der Waals surface area contributed by atoms with Crippen LogP contribution in [0.4, 0.5) is 0 Å². The SMILES string of the molecule is CC1CN(C2=NC(=O)C(=Cc3cn(-c4ccccc4)nc3-c3cc4ccccc4o3)S2)CC(C)O1. The van der Waals surface area contributed by atoms with Gasteiger partial charge in [-0.3, -0.25) is 4.79 Å². The molecule has 2 aromatic heterocycles. The third-order valence-electron chi connectivity index (χ3n) is 6.01. The molecule has 2 aromatic carbocycles. The van der Waals surface area contributed by atoms with Crippen LogP contribution in [0.25, 0.3) is 34.2 Å². The number of aliphatic imine (C=N–C) groups is 1. The lowest BCUT2D eigenvalue weighted by Gasteiger charge is -2.35. The Morgan fingerprint density at radius 3 is 2.54 bits per heavy atom. The lowest BCUT2D eigenvalue weighted by atomic mass is 10.2. The first-order chi connectivity index (χ1) is 17.0. The second kappa shape index (κ2) is 8.87. The fraction of sp³-hybridized carbons (Fsp3) is 0.222. The van der Waals surface area contributed by atoms with Crippen molar-refractivity contribution in [1.82, 2.24) is 14.7 Å². The number of aromatic nitrogens is 2. The molecule has 4 aromatic rings. The van der Waals surface area contributed by atoms with Crippen LogP contribution >= 0.6 is 11.8 Å². The lowest BCUT2D eigenvalue weighted by Crippen LogP contribution is -2.47. The average molecular weight is 485 g/mol. The van der Waals surface area contributed by atoms with Crippen LogP contribution in [0.1, 0.15) is 19.4 Å². The summed E-state index contributed by atoms with van der Waals surface area (Å²) in [6.45, 7) is 5.51. The van der Waals surface area contributed by atoms with Gasteiger partial charge in [0.15, 0.2) is 10.9 Å². The molecule has 2 aliphatic heterocycles. The molecule has 0 aliphatic carbocycles. The number of furan rings is 1. The molecule has 176 valence electrons. The maximum atomic E-state index is 12.9. The zero-order valence-corrected chi connectivity index (χ0v) is 20.2. The van der Waals surface area contributed by atoms with Gasteiger partial charge in [-0.2, -0.15) is 10.1 Å². The Balaban J connectivity index is 1.38. The van der Waals surface area contributed by atoms with E-state index < -0.39 is 0 Å². The van der Waals surface area contributed by atoms with Gasteiger partial charge in [0, 0.05) is 30.2 Å². The maximum absolute atomic E-state index is 12.9. The molecule has 2 aliphatic rings. The number of hydrogen-bond donors (Lipinski definition) is 0. The smallest absolute Gasteiger partial charge is 0.286 e. The van der Waals surface area contributed by atoms with Gasteiger partial charge in [-0.25, -0.2) is 4.68 Å². The van der Waals surface area contributed by atoms with Gasteiger partial charge in [0.05, 0.1) is 22.8 Å². The minimum Gasteiger partial charge on any atom is -0.454 e. The number of ether oxygens (including phenoxy) is 1. The first-order valence-electron chi connectivity index (χ1n) is 11.6. The van der Waals surface area contributed by atoms with Crippen molar-refractivity contribution in [2.75, 3.05) is 13.1 Å². The number of thioether (sulfide) groups is 1. The number of amides is 1. The zero-order valence-electron chi connectivity index (χ0n) is 19.4.